The summed E-state index contributed by atoms with van der Waals surface area (Å²) in [5.41, 5.74) is -0.578. The van der Waals surface area contributed by atoms with Gasteiger partial charge in [0.1, 0.15) is 0 Å². The summed E-state index contributed by atoms with van der Waals surface area (Å²) in [7, 11) is 0. The van der Waals surface area contributed by atoms with Crippen LogP contribution < -0.4 is 0 Å². The molecule has 0 bridgehead atoms. The molecule has 0 atom stereocenters. The zero-order valence-corrected chi connectivity index (χ0v) is 17.9. The van der Waals surface area contributed by atoms with Gasteiger partial charge in [-0.3, -0.25) is 0 Å². The van der Waals surface area contributed by atoms with Gasteiger partial charge in [0.25, 0.3) is 0 Å². The van der Waals surface area contributed by atoms with E-state index in [1.165, 1.54) is 12.1 Å². The minimum absolute atomic E-state index is 0.120. The van der Waals surface area contributed by atoms with Gasteiger partial charge in [-0.2, -0.15) is 26.3 Å². The standard InChI is InChI=1S/C11H12ClF3.C11H13F3/c1-10(2,3)7-4-8(11(13,14)15)6-9(12)5-7;1-10(2,3)8-5-4-6-9(7-8)11(12,13)14/h4-6H,1-3H3;4-7H,1-3H3. The molecule has 0 aliphatic heterocycles. The fourth-order valence-electron chi connectivity index (χ4n) is 2.35. The van der Waals surface area contributed by atoms with Crippen molar-refractivity contribution in [1.29, 1.82) is 0 Å². The lowest BCUT2D eigenvalue weighted by molar-refractivity contribution is -0.138. The van der Waals surface area contributed by atoms with Gasteiger partial charge in [0, 0.05) is 5.02 Å². The average Bonchev–Trinajstić information content (AvgIpc) is 2.52. The van der Waals surface area contributed by atoms with Crippen LogP contribution in [0.5, 0.6) is 0 Å². The van der Waals surface area contributed by atoms with E-state index in [0.29, 0.717) is 11.1 Å². The predicted molar refractivity (Wildman–Crippen MR) is 105 cm³/mol. The van der Waals surface area contributed by atoms with Crippen LogP contribution in [0.3, 0.4) is 0 Å². The molecule has 0 radical (unpaired) electrons. The SMILES string of the molecule is CC(C)(C)c1cc(Cl)cc(C(F)(F)F)c1.CC(C)(C)c1cccc(C(F)(F)F)c1. The van der Waals surface area contributed by atoms with E-state index >= 15 is 0 Å². The maximum absolute atomic E-state index is 12.5. The van der Waals surface area contributed by atoms with Crippen LogP contribution in [-0.2, 0) is 23.2 Å². The Hall–Kier alpha value is -1.69. The first-order chi connectivity index (χ1) is 12.8. The molecule has 0 aliphatic rings. The second kappa shape index (κ2) is 8.58. The van der Waals surface area contributed by atoms with E-state index in [-0.39, 0.29) is 15.9 Å². The van der Waals surface area contributed by atoms with Crippen molar-refractivity contribution in [3.63, 3.8) is 0 Å². The summed E-state index contributed by atoms with van der Waals surface area (Å²) in [4.78, 5) is 0. The maximum Gasteiger partial charge on any atom is 0.416 e. The summed E-state index contributed by atoms with van der Waals surface area (Å²) in [5, 5.41) is 0.120. The number of rotatable bonds is 0. The quantitative estimate of drug-likeness (QED) is 0.361. The summed E-state index contributed by atoms with van der Waals surface area (Å²) in [6.07, 6.45) is -8.59. The number of halogens is 7. The van der Waals surface area contributed by atoms with Gasteiger partial charge < -0.3 is 0 Å². The fourth-order valence-corrected chi connectivity index (χ4v) is 2.58. The number of hydrogen-bond donors (Lipinski definition) is 0. The molecule has 2 aromatic rings. The Labute approximate surface area is 172 Å². The molecular formula is C22H25ClF6. The van der Waals surface area contributed by atoms with E-state index < -0.39 is 23.5 Å². The first-order valence-electron chi connectivity index (χ1n) is 8.88. The van der Waals surface area contributed by atoms with Crippen LogP contribution in [0, 0.1) is 0 Å². The molecule has 0 N–H and O–H groups in total. The molecule has 7 heteroatoms. The third-order valence-electron chi connectivity index (χ3n) is 4.15. The van der Waals surface area contributed by atoms with Crippen molar-refractivity contribution in [3.8, 4) is 0 Å². The highest BCUT2D eigenvalue weighted by atomic mass is 35.5. The minimum Gasteiger partial charge on any atom is -0.166 e. The Morgan fingerprint density at radius 2 is 0.931 bits per heavy atom. The molecule has 0 heterocycles. The second-order valence-corrected chi connectivity index (χ2v) is 9.24. The maximum atomic E-state index is 12.5. The van der Waals surface area contributed by atoms with Crippen molar-refractivity contribution in [2.75, 3.05) is 0 Å². The van der Waals surface area contributed by atoms with E-state index in [1.807, 2.05) is 41.5 Å². The highest BCUT2D eigenvalue weighted by Crippen LogP contribution is 2.35. The predicted octanol–water partition coefficient (Wildman–Crippen LogP) is 8.66. The van der Waals surface area contributed by atoms with Gasteiger partial charge in [-0.25, -0.2) is 0 Å². The molecule has 162 valence electrons. The Morgan fingerprint density at radius 1 is 0.552 bits per heavy atom. The molecule has 0 amide bonds. The Bertz CT molecular complexity index is 759. The number of hydrogen-bond acceptors (Lipinski definition) is 0. The molecule has 0 spiro atoms. The van der Waals surface area contributed by atoms with Crippen LogP contribution in [0.15, 0.2) is 42.5 Å². The molecule has 0 saturated carbocycles. The molecule has 0 unspecified atom stereocenters. The third kappa shape index (κ3) is 7.92. The Morgan fingerprint density at radius 3 is 1.34 bits per heavy atom. The van der Waals surface area contributed by atoms with Crippen LogP contribution in [-0.4, -0.2) is 0 Å². The zero-order chi connectivity index (χ0) is 22.8. The lowest BCUT2D eigenvalue weighted by Gasteiger charge is -2.21. The minimum atomic E-state index is -4.34. The highest BCUT2D eigenvalue weighted by Gasteiger charge is 2.32. The van der Waals surface area contributed by atoms with Crippen LogP contribution in [0.2, 0.25) is 5.02 Å². The molecule has 0 aromatic heterocycles. The highest BCUT2D eigenvalue weighted by molar-refractivity contribution is 6.30. The summed E-state index contributed by atoms with van der Waals surface area (Å²) in [6, 6.07) is 9.12. The van der Waals surface area contributed by atoms with Gasteiger partial charge in [-0.05, 0) is 46.2 Å². The van der Waals surface area contributed by atoms with Crippen molar-refractivity contribution in [2.45, 2.75) is 64.7 Å². The summed E-state index contributed by atoms with van der Waals surface area (Å²) >= 11 is 5.66. The number of benzene rings is 2. The molecule has 0 nitrogen and oxygen atoms in total. The topological polar surface area (TPSA) is 0 Å². The summed E-state index contributed by atoms with van der Waals surface area (Å²) in [6.45, 7) is 11.2. The van der Waals surface area contributed by atoms with Gasteiger partial charge in [-0.1, -0.05) is 71.3 Å². The van der Waals surface area contributed by atoms with Crippen LogP contribution in [0.25, 0.3) is 0 Å². The molecule has 0 aliphatic carbocycles. The van der Waals surface area contributed by atoms with Gasteiger partial charge in [-0.15, -0.1) is 0 Å². The molecule has 0 fully saturated rings. The van der Waals surface area contributed by atoms with E-state index in [9.17, 15) is 26.3 Å². The molecule has 2 aromatic carbocycles. The first kappa shape index (κ1) is 25.3. The van der Waals surface area contributed by atoms with Crippen molar-refractivity contribution < 1.29 is 26.3 Å². The van der Waals surface area contributed by atoms with E-state index in [2.05, 4.69) is 0 Å². The van der Waals surface area contributed by atoms with Crippen molar-refractivity contribution >= 4 is 11.6 Å². The first-order valence-corrected chi connectivity index (χ1v) is 9.25. The monoisotopic (exact) mass is 438 g/mol. The summed E-state index contributed by atoms with van der Waals surface area (Å²) in [5.74, 6) is 0. The smallest absolute Gasteiger partial charge is 0.166 e. The van der Waals surface area contributed by atoms with Crippen LogP contribution >= 0.6 is 11.6 Å². The Balaban J connectivity index is 0.000000291. The van der Waals surface area contributed by atoms with Crippen LogP contribution in [0.4, 0.5) is 26.3 Å². The lowest BCUT2D eigenvalue weighted by Crippen LogP contribution is -2.14. The average molecular weight is 439 g/mol. The molecule has 0 saturated heterocycles. The number of alkyl halides is 6. The van der Waals surface area contributed by atoms with Gasteiger partial charge in [0.05, 0.1) is 11.1 Å². The van der Waals surface area contributed by atoms with E-state index in [1.54, 1.807) is 12.1 Å². The summed E-state index contributed by atoms with van der Waals surface area (Å²) < 4.78 is 74.5. The van der Waals surface area contributed by atoms with Crippen LogP contribution in [0.1, 0.15) is 63.8 Å². The van der Waals surface area contributed by atoms with E-state index in [0.717, 1.165) is 18.2 Å². The van der Waals surface area contributed by atoms with Gasteiger partial charge in [0.2, 0.25) is 0 Å². The van der Waals surface area contributed by atoms with Gasteiger partial charge in [0.15, 0.2) is 0 Å². The molecular weight excluding hydrogens is 414 g/mol. The fraction of sp³-hybridized carbons (Fsp3) is 0.455. The second-order valence-electron chi connectivity index (χ2n) is 8.80. The molecule has 29 heavy (non-hydrogen) atoms. The normalized spacial score (nSPS) is 13.0. The largest absolute Gasteiger partial charge is 0.416 e. The van der Waals surface area contributed by atoms with Crippen molar-refractivity contribution in [2.24, 2.45) is 0 Å². The zero-order valence-electron chi connectivity index (χ0n) is 17.2. The van der Waals surface area contributed by atoms with Crippen molar-refractivity contribution in [1.82, 2.24) is 0 Å². The lowest BCUT2D eigenvalue weighted by atomic mass is 9.86. The Kier molecular flexibility index (Phi) is 7.50. The van der Waals surface area contributed by atoms with E-state index in [4.69, 9.17) is 11.6 Å². The van der Waals surface area contributed by atoms with Crippen molar-refractivity contribution in [3.05, 3.63) is 69.7 Å². The third-order valence-corrected chi connectivity index (χ3v) is 4.37. The van der Waals surface area contributed by atoms with Gasteiger partial charge >= 0.3 is 12.4 Å². The molecule has 2 rings (SSSR count).